The number of likely N-dealkylation sites (N-methyl/N-ethyl adjacent to an activating group) is 1. The monoisotopic (exact) mass is 339 g/mol. The average molecular weight is 340 g/mol. The number of rotatable bonds is 6. The van der Waals surface area contributed by atoms with Gasteiger partial charge in [0, 0.05) is 0 Å². The summed E-state index contributed by atoms with van der Waals surface area (Å²) in [7, 11) is 1.78. The zero-order valence-corrected chi connectivity index (χ0v) is 13.2. The minimum atomic E-state index is -1.06. The summed E-state index contributed by atoms with van der Waals surface area (Å²) in [5, 5.41) is 12.3. The molecule has 108 valence electrons. The minimum Gasteiger partial charge on any atom is -0.476 e. The summed E-state index contributed by atoms with van der Waals surface area (Å²) >= 11 is 3.18. The average Bonchev–Trinajstić information content (AvgIpc) is 2.79. The molecule has 0 bridgehead atoms. The van der Waals surface area contributed by atoms with Crippen LogP contribution in [0.5, 0.6) is 0 Å². The molecular formula is C14H18BrN3O2. The Bertz CT molecular complexity index is 559. The van der Waals surface area contributed by atoms with E-state index in [1.54, 1.807) is 7.05 Å². The number of allylic oxidation sites excluding steroid dienone is 4. The van der Waals surface area contributed by atoms with Gasteiger partial charge in [0.05, 0.1) is 11.7 Å². The first-order valence-electron chi connectivity index (χ1n) is 6.16. The summed E-state index contributed by atoms with van der Waals surface area (Å²) in [6.45, 7) is 3.84. The third-order valence-corrected chi connectivity index (χ3v) is 3.03. The number of H-pyrrole nitrogens is 1. The Morgan fingerprint density at radius 2 is 2.15 bits per heavy atom. The Morgan fingerprint density at radius 3 is 2.65 bits per heavy atom. The SMILES string of the molecule is C\C=C/C=C(\C=C/C)C(NC)c1[nH]c(Br)nc1C(=O)O. The molecule has 0 spiro atoms. The van der Waals surface area contributed by atoms with Gasteiger partial charge in [-0.1, -0.05) is 30.4 Å². The van der Waals surface area contributed by atoms with Crippen LogP contribution in [0.3, 0.4) is 0 Å². The van der Waals surface area contributed by atoms with Crippen LogP contribution in [-0.4, -0.2) is 28.1 Å². The molecule has 0 fully saturated rings. The van der Waals surface area contributed by atoms with Crippen LogP contribution in [0.2, 0.25) is 0 Å². The van der Waals surface area contributed by atoms with Crippen molar-refractivity contribution in [2.24, 2.45) is 0 Å². The largest absolute Gasteiger partial charge is 0.476 e. The Hall–Kier alpha value is -1.66. The predicted octanol–water partition coefficient (Wildman–Crippen LogP) is 3.21. The van der Waals surface area contributed by atoms with Crippen LogP contribution in [0.4, 0.5) is 0 Å². The number of halogens is 1. The molecule has 0 aromatic carbocycles. The lowest BCUT2D eigenvalue weighted by Crippen LogP contribution is -2.21. The van der Waals surface area contributed by atoms with E-state index >= 15 is 0 Å². The number of nitrogens with one attached hydrogen (secondary N) is 2. The maximum atomic E-state index is 11.3. The number of carboxylic acids is 1. The van der Waals surface area contributed by atoms with Crippen molar-refractivity contribution in [1.29, 1.82) is 0 Å². The quantitative estimate of drug-likeness (QED) is 0.695. The summed E-state index contributed by atoms with van der Waals surface area (Å²) < 4.78 is 0.399. The van der Waals surface area contributed by atoms with Gasteiger partial charge in [0.15, 0.2) is 10.4 Å². The highest BCUT2D eigenvalue weighted by Gasteiger charge is 2.24. The van der Waals surface area contributed by atoms with Crippen molar-refractivity contribution >= 4 is 21.9 Å². The fourth-order valence-corrected chi connectivity index (χ4v) is 2.24. The lowest BCUT2D eigenvalue weighted by molar-refractivity contribution is 0.0689. The van der Waals surface area contributed by atoms with Crippen LogP contribution in [0, 0.1) is 0 Å². The molecule has 3 N–H and O–H groups in total. The van der Waals surface area contributed by atoms with Crippen molar-refractivity contribution in [1.82, 2.24) is 15.3 Å². The van der Waals surface area contributed by atoms with Crippen molar-refractivity contribution in [3.8, 4) is 0 Å². The summed E-state index contributed by atoms with van der Waals surface area (Å²) in [6, 6.07) is -0.285. The highest BCUT2D eigenvalue weighted by atomic mass is 79.9. The second-order valence-electron chi connectivity index (χ2n) is 4.01. The van der Waals surface area contributed by atoms with E-state index in [0.717, 1.165) is 5.57 Å². The van der Waals surface area contributed by atoms with Crippen LogP contribution >= 0.6 is 15.9 Å². The Morgan fingerprint density at radius 1 is 1.45 bits per heavy atom. The third kappa shape index (κ3) is 3.91. The number of carbonyl (C=O) groups is 1. The second-order valence-corrected chi connectivity index (χ2v) is 4.76. The standard InChI is InChI=1S/C14H18BrN3O2/c1-4-6-8-9(7-5-2)10(16-3)11-12(13(19)20)18-14(15)17-11/h4-8,10,16H,1-3H3,(H,17,18)(H,19,20)/b6-4-,7-5-,9-8+. The summed E-state index contributed by atoms with van der Waals surface area (Å²) in [5.41, 5.74) is 1.46. The molecule has 6 heteroatoms. The summed E-state index contributed by atoms with van der Waals surface area (Å²) in [4.78, 5) is 18.2. The number of hydrogen-bond donors (Lipinski definition) is 3. The molecule has 0 amide bonds. The highest BCUT2D eigenvalue weighted by molar-refractivity contribution is 9.10. The molecular weight excluding hydrogens is 322 g/mol. The maximum absolute atomic E-state index is 11.3. The number of nitrogens with zero attached hydrogens (tertiary/aromatic N) is 1. The first kappa shape index (κ1) is 16.4. The van der Waals surface area contributed by atoms with E-state index in [2.05, 4.69) is 31.2 Å². The van der Waals surface area contributed by atoms with Gasteiger partial charge in [0.1, 0.15) is 0 Å². The van der Waals surface area contributed by atoms with E-state index in [1.807, 2.05) is 44.2 Å². The van der Waals surface area contributed by atoms with Crippen molar-refractivity contribution in [2.45, 2.75) is 19.9 Å². The molecule has 1 rings (SSSR count). The van der Waals surface area contributed by atoms with Crippen molar-refractivity contribution in [3.05, 3.63) is 52.1 Å². The van der Waals surface area contributed by atoms with Gasteiger partial charge in [-0.05, 0) is 42.4 Å². The topological polar surface area (TPSA) is 78.0 Å². The van der Waals surface area contributed by atoms with Crippen LogP contribution in [0.1, 0.15) is 36.1 Å². The molecule has 0 aliphatic rings. The Kier molecular flexibility index (Phi) is 6.41. The zero-order valence-electron chi connectivity index (χ0n) is 11.6. The van der Waals surface area contributed by atoms with Crippen molar-refractivity contribution in [2.75, 3.05) is 7.05 Å². The van der Waals surface area contributed by atoms with Gasteiger partial charge in [-0.15, -0.1) is 0 Å². The van der Waals surface area contributed by atoms with Gasteiger partial charge in [0.2, 0.25) is 0 Å². The number of aromatic carboxylic acids is 1. The van der Waals surface area contributed by atoms with Crippen LogP contribution in [-0.2, 0) is 0 Å². The van der Waals surface area contributed by atoms with Crippen LogP contribution in [0.15, 0.2) is 40.7 Å². The Balaban J connectivity index is 3.33. The van der Waals surface area contributed by atoms with Crippen molar-refractivity contribution < 1.29 is 9.90 Å². The van der Waals surface area contributed by atoms with Gasteiger partial charge in [-0.2, -0.15) is 0 Å². The predicted molar refractivity (Wildman–Crippen MR) is 82.8 cm³/mol. The molecule has 5 nitrogen and oxygen atoms in total. The summed E-state index contributed by atoms with van der Waals surface area (Å²) in [6.07, 6.45) is 9.59. The van der Waals surface area contributed by atoms with Gasteiger partial charge >= 0.3 is 5.97 Å². The number of hydrogen-bond acceptors (Lipinski definition) is 3. The van der Waals surface area contributed by atoms with Gasteiger partial charge < -0.3 is 15.4 Å². The van der Waals surface area contributed by atoms with Crippen LogP contribution in [0.25, 0.3) is 0 Å². The molecule has 1 atom stereocenters. The van der Waals surface area contributed by atoms with Gasteiger partial charge in [0.25, 0.3) is 0 Å². The first-order chi connectivity index (χ1) is 9.54. The molecule has 1 heterocycles. The highest BCUT2D eigenvalue weighted by Crippen LogP contribution is 2.25. The number of aromatic nitrogens is 2. The smallest absolute Gasteiger partial charge is 0.356 e. The summed E-state index contributed by atoms with van der Waals surface area (Å²) in [5.74, 6) is -1.06. The molecule has 1 aromatic rings. The number of imidazole rings is 1. The molecule has 0 aliphatic carbocycles. The molecule has 1 aromatic heterocycles. The van der Waals surface area contributed by atoms with Crippen LogP contribution < -0.4 is 5.32 Å². The molecule has 1 unspecified atom stereocenters. The number of aromatic amines is 1. The lowest BCUT2D eigenvalue weighted by atomic mass is 10.0. The number of carboxylic acid groups (broad SMARTS) is 1. The first-order valence-corrected chi connectivity index (χ1v) is 6.96. The Labute approximate surface area is 126 Å². The fourth-order valence-electron chi connectivity index (χ4n) is 1.85. The minimum absolute atomic E-state index is 0.00658. The lowest BCUT2D eigenvalue weighted by Gasteiger charge is -2.16. The normalized spacial score (nSPS) is 14.3. The second kappa shape index (κ2) is 7.81. The van der Waals surface area contributed by atoms with Gasteiger partial charge in [-0.25, -0.2) is 9.78 Å². The maximum Gasteiger partial charge on any atom is 0.356 e. The third-order valence-electron chi connectivity index (χ3n) is 2.66. The van der Waals surface area contributed by atoms with E-state index in [-0.39, 0.29) is 11.7 Å². The molecule has 0 radical (unpaired) electrons. The molecule has 20 heavy (non-hydrogen) atoms. The zero-order chi connectivity index (χ0) is 15.1. The fraction of sp³-hybridized carbons (Fsp3) is 0.286. The van der Waals surface area contributed by atoms with E-state index < -0.39 is 5.97 Å². The van der Waals surface area contributed by atoms with E-state index in [1.165, 1.54) is 0 Å². The van der Waals surface area contributed by atoms with E-state index in [4.69, 9.17) is 0 Å². The van der Waals surface area contributed by atoms with E-state index in [0.29, 0.717) is 10.4 Å². The molecule has 0 saturated carbocycles. The van der Waals surface area contributed by atoms with Gasteiger partial charge in [-0.3, -0.25) is 0 Å². The van der Waals surface area contributed by atoms with Crippen molar-refractivity contribution in [3.63, 3.8) is 0 Å². The molecule has 0 aliphatic heterocycles. The molecule has 0 saturated heterocycles. The van der Waals surface area contributed by atoms with E-state index in [9.17, 15) is 9.90 Å².